The second kappa shape index (κ2) is 24.8. The largest absolute Gasteiger partial charge is 0.445 e. The SMILES string of the molecule is C=Nc1ccc(COC(=O)N(C)[C@H](C(=O)N[C@H](C(=O)N(C)[C@@H]([C@@H](C)CC)[C@@H](CC(=O)N2CCC[C@H]2[C@H](OC)[C@@H](C)C(=O)N[C@H](C)[C@@H](N)c2ccccc2)OC)C(C)C)C(C)C)cc1. The van der Waals surface area contributed by atoms with E-state index in [1.807, 2.05) is 85.7 Å². The van der Waals surface area contributed by atoms with Crippen LogP contribution in [0.3, 0.4) is 0 Å². The number of carbonyl (C=O) groups excluding carboxylic acids is 5. The molecule has 4 N–H and O–H groups in total. The molecule has 15 heteroatoms. The van der Waals surface area contributed by atoms with Crippen molar-refractivity contribution in [1.29, 1.82) is 0 Å². The van der Waals surface area contributed by atoms with Crippen LogP contribution in [0, 0.1) is 23.7 Å². The molecule has 5 amide bonds. The van der Waals surface area contributed by atoms with Gasteiger partial charge in [0, 0.05) is 46.9 Å². The fraction of sp³-hybridized carbons (Fsp3) is 0.625. The lowest BCUT2D eigenvalue weighted by molar-refractivity contribution is -0.148. The van der Waals surface area contributed by atoms with Crippen molar-refractivity contribution in [3.05, 3.63) is 65.7 Å². The summed E-state index contributed by atoms with van der Waals surface area (Å²) in [6, 6.07) is 13.2. The van der Waals surface area contributed by atoms with E-state index in [1.165, 1.54) is 19.1 Å². The molecule has 1 fully saturated rings. The molecule has 1 aliphatic heterocycles. The van der Waals surface area contributed by atoms with E-state index in [0.29, 0.717) is 25.1 Å². The van der Waals surface area contributed by atoms with E-state index < -0.39 is 54.3 Å². The average Bonchev–Trinajstić information content (AvgIpc) is 3.76. The van der Waals surface area contributed by atoms with E-state index >= 15 is 0 Å². The first-order chi connectivity index (χ1) is 29.8. The first-order valence-electron chi connectivity index (χ1n) is 22.3. The smallest absolute Gasteiger partial charge is 0.410 e. The number of nitrogens with one attached hydrogen (secondary N) is 2. The van der Waals surface area contributed by atoms with E-state index in [9.17, 15) is 24.0 Å². The Morgan fingerprint density at radius 3 is 2.05 bits per heavy atom. The number of amides is 5. The first kappa shape index (κ1) is 52.5. The predicted molar refractivity (Wildman–Crippen MR) is 246 cm³/mol. The van der Waals surface area contributed by atoms with Crippen LogP contribution in [-0.4, -0.2) is 128 Å². The third-order valence-corrected chi connectivity index (χ3v) is 12.7. The Bertz CT molecular complexity index is 1790. The fourth-order valence-electron chi connectivity index (χ4n) is 8.67. The van der Waals surface area contributed by atoms with Crippen LogP contribution < -0.4 is 16.4 Å². The summed E-state index contributed by atoms with van der Waals surface area (Å²) in [5.74, 6) is -2.54. The quantitative estimate of drug-likeness (QED) is 0.115. The van der Waals surface area contributed by atoms with Gasteiger partial charge in [-0.25, -0.2) is 4.79 Å². The maximum atomic E-state index is 14.5. The molecule has 10 atom stereocenters. The Morgan fingerprint density at radius 2 is 1.51 bits per heavy atom. The number of aliphatic imine (C=N–C) groups is 1. The molecule has 2 aromatic carbocycles. The first-order valence-corrected chi connectivity index (χ1v) is 22.3. The van der Waals surface area contributed by atoms with Crippen LogP contribution in [0.1, 0.15) is 98.2 Å². The number of ether oxygens (including phenoxy) is 3. The van der Waals surface area contributed by atoms with E-state index in [-0.39, 0.29) is 60.6 Å². The van der Waals surface area contributed by atoms with Crippen molar-refractivity contribution in [2.24, 2.45) is 34.4 Å². The molecule has 0 spiro atoms. The Hall–Kier alpha value is -4.86. The molecule has 15 nitrogen and oxygen atoms in total. The van der Waals surface area contributed by atoms with Gasteiger partial charge in [0.25, 0.3) is 0 Å². The molecule has 0 radical (unpaired) electrons. The van der Waals surface area contributed by atoms with Crippen LogP contribution >= 0.6 is 0 Å². The zero-order chi connectivity index (χ0) is 47.1. The van der Waals surface area contributed by atoms with Gasteiger partial charge in [0.1, 0.15) is 18.7 Å². The van der Waals surface area contributed by atoms with Crippen LogP contribution in [0.15, 0.2) is 59.6 Å². The van der Waals surface area contributed by atoms with Gasteiger partial charge >= 0.3 is 6.09 Å². The van der Waals surface area contributed by atoms with Gasteiger partial charge in [-0.1, -0.05) is 97.4 Å². The van der Waals surface area contributed by atoms with Gasteiger partial charge in [0.2, 0.25) is 23.6 Å². The lowest BCUT2D eigenvalue weighted by Gasteiger charge is -2.41. The van der Waals surface area contributed by atoms with Crippen LogP contribution in [0.4, 0.5) is 10.5 Å². The highest BCUT2D eigenvalue weighted by Crippen LogP contribution is 2.30. The summed E-state index contributed by atoms with van der Waals surface area (Å²) in [7, 11) is 6.29. The number of likely N-dealkylation sites (tertiary alicyclic amines) is 1. The van der Waals surface area contributed by atoms with Crippen molar-refractivity contribution in [1.82, 2.24) is 25.3 Å². The summed E-state index contributed by atoms with van der Waals surface area (Å²) >= 11 is 0. The molecule has 2 aromatic rings. The summed E-state index contributed by atoms with van der Waals surface area (Å²) in [5.41, 5.74) is 8.84. The summed E-state index contributed by atoms with van der Waals surface area (Å²) in [6.45, 7) is 19.1. The number of nitrogens with zero attached hydrogens (tertiary/aromatic N) is 4. The summed E-state index contributed by atoms with van der Waals surface area (Å²) in [4.78, 5) is 78.3. The number of hydrogen-bond donors (Lipinski definition) is 3. The minimum Gasteiger partial charge on any atom is -0.445 e. The number of likely N-dealkylation sites (N-methyl/N-ethyl adjacent to an activating group) is 2. The third kappa shape index (κ3) is 13.8. The van der Waals surface area contributed by atoms with Gasteiger partial charge < -0.3 is 40.4 Å². The monoisotopic (exact) mass is 878 g/mol. The minimum absolute atomic E-state index is 0.00272. The topological polar surface area (TPSA) is 185 Å². The second-order valence-electron chi connectivity index (χ2n) is 17.7. The number of methoxy groups -OCH3 is 2. The van der Waals surface area contributed by atoms with E-state index in [4.69, 9.17) is 19.9 Å². The Balaban J connectivity index is 1.75. The Morgan fingerprint density at radius 1 is 0.873 bits per heavy atom. The summed E-state index contributed by atoms with van der Waals surface area (Å²) in [5, 5.41) is 6.02. The molecule has 350 valence electrons. The van der Waals surface area contributed by atoms with Crippen LogP contribution in [0.2, 0.25) is 0 Å². The van der Waals surface area contributed by atoms with Crippen molar-refractivity contribution in [2.45, 2.75) is 136 Å². The molecule has 1 aliphatic rings. The van der Waals surface area contributed by atoms with E-state index in [0.717, 1.165) is 17.5 Å². The van der Waals surface area contributed by atoms with E-state index in [2.05, 4.69) is 22.3 Å². The molecule has 1 saturated heterocycles. The van der Waals surface area contributed by atoms with Crippen LogP contribution in [0.25, 0.3) is 0 Å². The van der Waals surface area contributed by atoms with E-state index in [1.54, 1.807) is 48.2 Å². The van der Waals surface area contributed by atoms with Gasteiger partial charge in [-0.15, -0.1) is 0 Å². The minimum atomic E-state index is -0.951. The highest BCUT2D eigenvalue weighted by molar-refractivity contribution is 5.91. The summed E-state index contributed by atoms with van der Waals surface area (Å²) in [6.07, 6.45) is 0.115. The maximum Gasteiger partial charge on any atom is 0.410 e. The number of benzene rings is 2. The summed E-state index contributed by atoms with van der Waals surface area (Å²) < 4.78 is 17.6. The Labute approximate surface area is 375 Å². The maximum absolute atomic E-state index is 14.5. The molecular weight excluding hydrogens is 803 g/mol. The van der Waals surface area contributed by atoms with Crippen LogP contribution in [0.5, 0.6) is 0 Å². The highest BCUT2D eigenvalue weighted by Gasteiger charge is 2.43. The highest BCUT2D eigenvalue weighted by atomic mass is 16.6. The lowest BCUT2D eigenvalue weighted by Crippen LogP contribution is -2.60. The molecule has 1 heterocycles. The zero-order valence-electron chi connectivity index (χ0n) is 39.7. The van der Waals surface area contributed by atoms with Gasteiger partial charge in [-0.3, -0.25) is 29.1 Å². The number of hydrogen-bond acceptors (Lipinski definition) is 10. The van der Waals surface area contributed by atoms with Gasteiger partial charge in [0.05, 0.1) is 42.3 Å². The molecule has 0 aliphatic carbocycles. The molecule has 63 heavy (non-hydrogen) atoms. The van der Waals surface area contributed by atoms with Crippen molar-refractivity contribution in [2.75, 3.05) is 34.9 Å². The number of rotatable bonds is 23. The van der Waals surface area contributed by atoms with Crippen molar-refractivity contribution >= 4 is 42.1 Å². The lowest BCUT2D eigenvalue weighted by atomic mass is 9.89. The second-order valence-corrected chi connectivity index (χ2v) is 17.7. The standard InChI is InChI=1S/C48H75N7O8/c1-14-31(6)43(53(10)47(59)41(29(2)3)52-46(58)42(30(4)5)54(11)48(60)63-28-34-22-24-36(50-9)25-23-34)38(61-12)27-39(56)55-26-18-21-37(55)44(62-13)32(7)45(57)51-33(8)40(49)35-19-16-15-17-20-35/h15-17,19-20,22-25,29-33,37-38,40-44H,9,14,18,21,26-28,49H2,1-8,10-13H3,(H,51,57)(H,52,58)/t31-,32+,33+,37-,38+,40+,41-,42-,43-,44+/m0/s1. The molecular formula is C48H75N7O8. The molecule has 0 bridgehead atoms. The molecule has 3 rings (SSSR count). The predicted octanol–water partition coefficient (Wildman–Crippen LogP) is 5.88. The molecule has 0 saturated carbocycles. The van der Waals surface area contributed by atoms with Gasteiger partial charge in [-0.2, -0.15) is 0 Å². The van der Waals surface area contributed by atoms with Gasteiger partial charge in [-0.05, 0) is 67.5 Å². The van der Waals surface area contributed by atoms with Crippen LogP contribution in [-0.2, 0) is 40.0 Å². The van der Waals surface area contributed by atoms with Crippen molar-refractivity contribution in [3.63, 3.8) is 0 Å². The van der Waals surface area contributed by atoms with Gasteiger partial charge in [0.15, 0.2) is 0 Å². The zero-order valence-corrected chi connectivity index (χ0v) is 39.7. The average molecular weight is 878 g/mol. The third-order valence-electron chi connectivity index (χ3n) is 12.7. The fourth-order valence-corrected chi connectivity index (χ4v) is 8.67. The number of nitrogens with two attached hydrogens (primary N) is 1. The normalized spacial score (nSPS) is 18.3. The van der Waals surface area contributed by atoms with Crippen molar-refractivity contribution < 1.29 is 38.2 Å². The Kier molecular flexibility index (Phi) is 20.7. The van der Waals surface area contributed by atoms with Crippen molar-refractivity contribution in [3.8, 4) is 0 Å². The molecule has 0 aromatic heterocycles. The number of carbonyl (C=O) groups is 5. The molecule has 0 unspecified atom stereocenters.